The van der Waals surface area contributed by atoms with E-state index >= 15 is 0 Å². The van der Waals surface area contributed by atoms with E-state index in [4.69, 9.17) is 0 Å². The largest absolute Gasteiger partial charge is 0.208 e. The normalized spacial score (nSPS) is 12.5. The first-order chi connectivity index (χ1) is 5.20. The lowest BCUT2D eigenvalue weighted by atomic mass is 10.1. The zero-order chi connectivity index (χ0) is 8.69. The SMILES string of the molecule is C=C(F)/C=C\C(=C/C)CCC. The lowest BCUT2D eigenvalue weighted by molar-refractivity contribution is 0.671. The van der Waals surface area contributed by atoms with Crippen LogP contribution in [-0.2, 0) is 0 Å². The third-order valence-corrected chi connectivity index (χ3v) is 1.39. The number of rotatable bonds is 4. The van der Waals surface area contributed by atoms with Crippen LogP contribution in [0.2, 0.25) is 0 Å². The summed E-state index contributed by atoms with van der Waals surface area (Å²) in [5, 5.41) is 0. The highest BCUT2D eigenvalue weighted by Crippen LogP contribution is 2.07. The van der Waals surface area contributed by atoms with Gasteiger partial charge in [0.25, 0.3) is 0 Å². The fourth-order valence-electron chi connectivity index (χ4n) is 0.810. The predicted molar refractivity (Wildman–Crippen MR) is 48.1 cm³/mol. The molecule has 0 amide bonds. The molecular weight excluding hydrogens is 139 g/mol. The van der Waals surface area contributed by atoms with Crippen molar-refractivity contribution >= 4 is 0 Å². The second-order valence-corrected chi connectivity index (χ2v) is 2.39. The smallest absolute Gasteiger partial charge is 0.116 e. The Balaban J connectivity index is 3.98. The highest BCUT2D eigenvalue weighted by Gasteiger charge is 1.87. The number of hydrogen-bond donors (Lipinski definition) is 0. The molecule has 0 spiro atoms. The monoisotopic (exact) mass is 154 g/mol. The highest BCUT2D eigenvalue weighted by molar-refractivity contribution is 5.22. The summed E-state index contributed by atoms with van der Waals surface area (Å²) >= 11 is 0. The van der Waals surface area contributed by atoms with Crippen molar-refractivity contribution in [2.75, 3.05) is 0 Å². The summed E-state index contributed by atoms with van der Waals surface area (Å²) in [5.41, 5.74) is 1.16. The lowest BCUT2D eigenvalue weighted by Gasteiger charge is -1.95. The maximum absolute atomic E-state index is 12.1. The molecular formula is C10H15F. The van der Waals surface area contributed by atoms with Crippen LogP contribution < -0.4 is 0 Å². The maximum Gasteiger partial charge on any atom is 0.116 e. The first-order valence-corrected chi connectivity index (χ1v) is 3.88. The minimum Gasteiger partial charge on any atom is -0.208 e. The van der Waals surface area contributed by atoms with Crippen LogP contribution in [0.4, 0.5) is 4.39 Å². The second kappa shape index (κ2) is 5.90. The van der Waals surface area contributed by atoms with Gasteiger partial charge in [-0.1, -0.05) is 37.6 Å². The first kappa shape index (κ1) is 10.2. The van der Waals surface area contributed by atoms with Gasteiger partial charge in [0, 0.05) is 0 Å². The van der Waals surface area contributed by atoms with E-state index in [1.807, 2.05) is 13.0 Å². The molecule has 0 heterocycles. The molecule has 0 fully saturated rings. The summed E-state index contributed by atoms with van der Waals surface area (Å²) in [5.74, 6) is -0.388. The average molecular weight is 154 g/mol. The Bertz CT molecular complexity index is 175. The van der Waals surface area contributed by atoms with Crippen molar-refractivity contribution in [1.82, 2.24) is 0 Å². The maximum atomic E-state index is 12.1. The highest BCUT2D eigenvalue weighted by atomic mass is 19.1. The molecule has 0 radical (unpaired) electrons. The molecule has 11 heavy (non-hydrogen) atoms. The third-order valence-electron chi connectivity index (χ3n) is 1.39. The first-order valence-electron chi connectivity index (χ1n) is 3.88. The van der Waals surface area contributed by atoms with E-state index in [-0.39, 0.29) is 5.83 Å². The Morgan fingerprint density at radius 1 is 1.45 bits per heavy atom. The van der Waals surface area contributed by atoms with E-state index < -0.39 is 0 Å². The minimum absolute atomic E-state index is 0.388. The summed E-state index contributed by atoms with van der Waals surface area (Å²) in [6.07, 6.45) is 7.24. The predicted octanol–water partition coefficient (Wildman–Crippen LogP) is 3.77. The molecule has 0 saturated heterocycles. The molecule has 0 saturated carbocycles. The molecule has 0 N–H and O–H groups in total. The molecule has 0 bridgehead atoms. The van der Waals surface area contributed by atoms with Gasteiger partial charge in [-0.25, -0.2) is 4.39 Å². The zero-order valence-corrected chi connectivity index (χ0v) is 7.23. The van der Waals surface area contributed by atoms with Crippen LogP contribution in [0.15, 0.2) is 36.2 Å². The van der Waals surface area contributed by atoms with Gasteiger partial charge in [0.1, 0.15) is 5.83 Å². The van der Waals surface area contributed by atoms with Crippen molar-refractivity contribution in [3.63, 3.8) is 0 Å². The van der Waals surface area contributed by atoms with Gasteiger partial charge in [-0.05, 0) is 19.4 Å². The van der Waals surface area contributed by atoms with Gasteiger partial charge in [0.2, 0.25) is 0 Å². The Kier molecular flexibility index (Phi) is 5.44. The molecule has 0 aromatic carbocycles. The molecule has 0 atom stereocenters. The third kappa shape index (κ3) is 5.59. The summed E-state index contributed by atoms with van der Waals surface area (Å²) < 4.78 is 12.1. The number of hydrogen-bond acceptors (Lipinski definition) is 0. The molecule has 62 valence electrons. The summed E-state index contributed by atoms with van der Waals surface area (Å²) in [6, 6.07) is 0. The van der Waals surface area contributed by atoms with E-state index in [1.165, 1.54) is 6.08 Å². The summed E-state index contributed by atoms with van der Waals surface area (Å²) in [7, 11) is 0. The van der Waals surface area contributed by atoms with Crippen molar-refractivity contribution in [3.8, 4) is 0 Å². The Morgan fingerprint density at radius 2 is 2.09 bits per heavy atom. The van der Waals surface area contributed by atoms with Crippen LogP contribution in [0.5, 0.6) is 0 Å². The molecule has 0 aliphatic heterocycles. The average Bonchev–Trinajstić information content (AvgIpc) is 1.97. The minimum atomic E-state index is -0.388. The van der Waals surface area contributed by atoms with E-state index in [2.05, 4.69) is 13.5 Å². The van der Waals surface area contributed by atoms with Crippen LogP contribution in [0.25, 0.3) is 0 Å². The van der Waals surface area contributed by atoms with Crippen molar-refractivity contribution < 1.29 is 4.39 Å². The molecule has 0 aliphatic carbocycles. The van der Waals surface area contributed by atoms with E-state index in [0.29, 0.717) is 0 Å². The van der Waals surface area contributed by atoms with E-state index in [9.17, 15) is 4.39 Å². The zero-order valence-electron chi connectivity index (χ0n) is 7.23. The van der Waals surface area contributed by atoms with Gasteiger partial charge < -0.3 is 0 Å². The Morgan fingerprint density at radius 3 is 2.45 bits per heavy atom. The molecule has 0 aromatic rings. The molecule has 1 heteroatoms. The van der Waals surface area contributed by atoms with Crippen molar-refractivity contribution in [2.45, 2.75) is 26.7 Å². The van der Waals surface area contributed by atoms with Crippen LogP contribution in [0.3, 0.4) is 0 Å². The standard InChI is InChI=1S/C10H15F/c1-4-6-10(5-2)8-7-9(3)11/h5,7-8H,3-4,6H2,1-2H3/b8-7-,10-5-. The van der Waals surface area contributed by atoms with E-state index in [0.717, 1.165) is 18.4 Å². The molecule has 0 aliphatic rings. The van der Waals surface area contributed by atoms with Crippen LogP contribution in [0.1, 0.15) is 26.7 Å². The molecule has 0 aromatic heterocycles. The Labute approximate surface area is 68.1 Å². The van der Waals surface area contributed by atoms with Crippen LogP contribution >= 0.6 is 0 Å². The molecule has 0 nitrogen and oxygen atoms in total. The second-order valence-electron chi connectivity index (χ2n) is 2.39. The topological polar surface area (TPSA) is 0 Å². The van der Waals surface area contributed by atoms with Gasteiger partial charge >= 0.3 is 0 Å². The molecule has 0 unspecified atom stereocenters. The van der Waals surface area contributed by atoms with Gasteiger partial charge in [0.05, 0.1) is 0 Å². The van der Waals surface area contributed by atoms with Crippen LogP contribution in [-0.4, -0.2) is 0 Å². The fraction of sp³-hybridized carbons (Fsp3) is 0.400. The number of allylic oxidation sites excluding steroid dienone is 5. The summed E-state index contributed by atoms with van der Waals surface area (Å²) in [6.45, 7) is 7.19. The van der Waals surface area contributed by atoms with E-state index in [1.54, 1.807) is 6.08 Å². The Hall–Kier alpha value is -0.850. The lowest BCUT2D eigenvalue weighted by Crippen LogP contribution is -1.75. The van der Waals surface area contributed by atoms with Gasteiger partial charge in [-0.15, -0.1) is 0 Å². The summed E-state index contributed by atoms with van der Waals surface area (Å²) in [4.78, 5) is 0. The van der Waals surface area contributed by atoms with Crippen molar-refractivity contribution in [2.24, 2.45) is 0 Å². The van der Waals surface area contributed by atoms with Gasteiger partial charge in [-0.2, -0.15) is 0 Å². The van der Waals surface area contributed by atoms with Gasteiger partial charge in [-0.3, -0.25) is 0 Å². The number of halogens is 1. The molecule has 0 rings (SSSR count). The van der Waals surface area contributed by atoms with Crippen molar-refractivity contribution in [1.29, 1.82) is 0 Å². The van der Waals surface area contributed by atoms with Crippen molar-refractivity contribution in [3.05, 3.63) is 36.2 Å². The van der Waals surface area contributed by atoms with Crippen LogP contribution in [0, 0.1) is 0 Å². The quantitative estimate of drug-likeness (QED) is 0.541. The van der Waals surface area contributed by atoms with Gasteiger partial charge in [0.15, 0.2) is 0 Å². The fourth-order valence-corrected chi connectivity index (χ4v) is 0.810.